The molecule has 4 aromatic rings. The van der Waals surface area contributed by atoms with E-state index in [0.717, 1.165) is 60.5 Å². The summed E-state index contributed by atoms with van der Waals surface area (Å²) in [5.41, 5.74) is 2.99. The molecule has 4 aromatic carbocycles. The number of benzene rings is 4. The minimum absolute atomic E-state index is 0.0419. The number of morpholine rings is 1. The van der Waals surface area contributed by atoms with Crippen molar-refractivity contribution in [3.8, 4) is 22.6 Å². The predicted octanol–water partition coefficient (Wildman–Crippen LogP) is 5.15. The van der Waals surface area contributed by atoms with Crippen molar-refractivity contribution in [3.05, 3.63) is 96.1 Å². The molecular weight excluding hydrogens is 426 g/mol. The van der Waals surface area contributed by atoms with Gasteiger partial charge in [-0.3, -0.25) is 9.69 Å². The van der Waals surface area contributed by atoms with Crippen molar-refractivity contribution in [3.63, 3.8) is 0 Å². The third-order valence-corrected chi connectivity index (χ3v) is 6.23. The van der Waals surface area contributed by atoms with Crippen molar-refractivity contribution < 1.29 is 19.4 Å². The molecule has 1 aliphatic heterocycles. The first kappa shape index (κ1) is 22.1. The molecule has 0 aromatic heterocycles. The van der Waals surface area contributed by atoms with E-state index in [1.165, 1.54) is 0 Å². The van der Waals surface area contributed by atoms with Crippen LogP contribution in [0.4, 0.5) is 0 Å². The minimum atomic E-state index is -0.0419. The molecule has 0 amide bonds. The Morgan fingerprint density at radius 1 is 0.882 bits per heavy atom. The first-order valence-corrected chi connectivity index (χ1v) is 11.6. The van der Waals surface area contributed by atoms with E-state index in [0.29, 0.717) is 17.7 Å². The quantitative estimate of drug-likeness (QED) is 0.392. The lowest BCUT2D eigenvalue weighted by Crippen LogP contribution is -2.38. The molecule has 0 radical (unpaired) electrons. The first-order chi connectivity index (χ1) is 16.7. The second-order valence-corrected chi connectivity index (χ2v) is 8.41. The maximum atomic E-state index is 13.7. The lowest BCUT2D eigenvalue weighted by atomic mass is 9.89. The molecule has 34 heavy (non-hydrogen) atoms. The topological polar surface area (TPSA) is 59.0 Å². The number of hydrogen-bond donors (Lipinski definition) is 1. The van der Waals surface area contributed by atoms with Gasteiger partial charge in [-0.1, -0.05) is 48.5 Å². The van der Waals surface area contributed by atoms with Gasteiger partial charge in [-0.15, -0.1) is 0 Å². The van der Waals surface area contributed by atoms with E-state index >= 15 is 0 Å². The lowest BCUT2D eigenvalue weighted by molar-refractivity contribution is 0.0322. The molecule has 172 valence electrons. The average molecular weight is 454 g/mol. The molecule has 0 saturated carbocycles. The van der Waals surface area contributed by atoms with Gasteiger partial charge in [-0.25, -0.2) is 0 Å². The molecule has 1 fully saturated rings. The van der Waals surface area contributed by atoms with Crippen LogP contribution in [0, 0.1) is 0 Å². The molecule has 5 heteroatoms. The van der Waals surface area contributed by atoms with E-state index in [9.17, 15) is 9.90 Å². The number of aromatic hydroxyl groups is 1. The fourth-order valence-corrected chi connectivity index (χ4v) is 4.36. The zero-order chi connectivity index (χ0) is 23.3. The van der Waals surface area contributed by atoms with Crippen LogP contribution in [0.5, 0.6) is 11.5 Å². The fraction of sp³-hybridized carbons (Fsp3) is 0.207. The Labute approximate surface area is 199 Å². The van der Waals surface area contributed by atoms with Gasteiger partial charge in [0.2, 0.25) is 0 Å². The summed E-state index contributed by atoms with van der Waals surface area (Å²) in [6, 6.07) is 26.2. The van der Waals surface area contributed by atoms with Crippen LogP contribution in [-0.4, -0.2) is 55.2 Å². The average Bonchev–Trinajstić information content (AvgIpc) is 2.89. The third kappa shape index (κ3) is 4.81. The normalized spacial score (nSPS) is 14.2. The number of carbonyl (C=O) groups is 1. The van der Waals surface area contributed by atoms with Crippen molar-refractivity contribution in [2.45, 2.75) is 0 Å². The lowest BCUT2D eigenvalue weighted by Gasteiger charge is -2.26. The highest BCUT2D eigenvalue weighted by molar-refractivity contribution is 6.20. The molecule has 1 heterocycles. The van der Waals surface area contributed by atoms with Crippen LogP contribution in [0.3, 0.4) is 0 Å². The van der Waals surface area contributed by atoms with Crippen molar-refractivity contribution in [1.29, 1.82) is 0 Å². The Morgan fingerprint density at radius 3 is 2.38 bits per heavy atom. The van der Waals surface area contributed by atoms with Gasteiger partial charge in [-0.05, 0) is 58.3 Å². The van der Waals surface area contributed by atoms with Gasteiger partial charge in [0.1, 0.15) is 18.1 Å². The summed E-state index contributed by atoms with van der Waals surface area (Å²) >= 11 is 0. The van der Waals surface area contributed by atoms with Crippen molar-refractivity contribution >= 4 is 16.6 Å². The van der Waals surface area contributed by atoms with Gasteiger partial charge >= 0.3 is 0 Å². The first-order valence-electron chi connectivity index (χ1n) is 11.6. The molecule has 5 nitrogen and oxygen atoms in total. The maximum Gasteiger partial charge on any atom is 0.194 e. The number of phenols is 1. The van der Waals surface area contributed by atoms with E-state index in [1.54, 1.807) is 12.1 Å². The maximum absolute atomic E-state index is 13.7. The number of ketones is 1. The molecule has 0 unspecified atom stereocenters. The summed E-state index contributed by atoms with van der Waals surface area (Å²) in [5.74, 6) is 0.905. The predicted molar refractivity (Wildman–Crippen MR) is 134 cm³/mol. The highest BCUT2D eigenvalue weighted by Gasteiger charge is 2.19. The Kier molecular flexibility index (Phi) is 6.56. The Balaban J connectivity index is 1.40. The van der Waals surface area contributed by atoms with Crippen LogP contribution in [-0.2, 0) is 4.74 Å². The molecule has 0 aliphatic carbocycles. The molecular formula is C29H27NO4. The number of fused-ring (bicyclic) bond motifs is 1. The minimum Gasteiger partial charge on any atom is -0.508 e. The molecule has 0 spiro atoms. The van der Waals surface area contributed by atoms with Crippen LogP contribution in [0.2, 0.25) is 0 Å². The zero-order valence-corrected chi connectivity index (χ0v) is 18.9. The zero-order valence-electron chi connectivity index (χ0n) is 18.9. The van der Waals surface area contributed by atoms with E-state index in [-0.39, 0.29) is 11.5 Å². The number of nitrogens with zero attached hydrogens (tertiary/aromatic N) is 1. The second-order valence-electron chi connectivity index (χ2n) is 8.41. The monoisotopic (exact) mass is 453 g/mol. The van der Waals surface area contributed by atoms with Crippen LogP contribution < -0.4 is 4.74 Å². The Hall–Kier alpha value is -3.67. The van der Waals surface area contributed by atoms with Crippen molar-refractivity contribution in [2.24, 2.45) is 0 Å². The van der Waals surface area contributed by atoms with Gasteiger partial charge in [0.15, 0.2) is 5.78 Å². The molecule has 1 N–H and O–H groups in total. The number of ether oxygens (including phenoxy) is 2. The summed E-state index contributed by atoms with van der Waals surface area (Å²) in [6.07, 6.45) is 0. The second kappa shape index (κ2) is 10.1. The van der Waals surface area contributed by atoms with Crippen LogP contribution in [0.1, 0.15) is 15.9 Å². The summed E-state index contributed by atoms with van der Waals surface area (Å²) in [4.78, 5) is 16.1. The van der Waals surface area contributed by atoms with Crippen LogP contribution in [0.25, 0.3) is 21.9 Å². The molecule has 0 atom stereocenters. The van der Waals surface area contributed by atoms with Crippen molar-refractivity contribution in [1.82, 2.24) is 4.90 Å². The van der Waals surface area contributed by atoms with Crippen molar-refractivity contribution in [2.75, 3.05) is 39.5 Å². The van der Waals surface area contributed by atoms with Gasteiger partial charge in [-0.2, -0.15) is 0 Å². The highest BCUT2D eigenvalue weighted by atomic mass is 16.5. The summed E-state index contributed by atoms with van der Waals surface area (Å²) in [5, 5.41) is 11.6. The SMILES string of the molecule is O=C(c1ccc(OCCN2CCOCC2)cc1)c1c(-c2ccc(O)cc2)ccc2ccccc12. The molecule has 1 aliphatic rings. The van der Waals surface area contributed by atoms with Gasteiger partial charge in [0, 0.05) is 30.8 Å². The summed E-state index contributed by atoms with van der Waals surface area (Å²) in [6.45, 7) is 4.88. The number of rotatable bonds is 7. The molecule has 0 bridgehead atoms. The Morgan fingerprint density at radius 2 is 1.62 bits per heavy atom. The van der Waals surface area contributed by atoms with Gasteiger partial charge in [0.05, 0.1) is 13.2 Å². The summed E-state index contributed by atoms with van der Waals surface area (Å²) in [7, 11) is 0. The van der Waals surface area contributed by atoms with Gasteiger partial charge < -0.3 is 14.6 Å². The smallest absolute Gasteiger partial charge is 0.194 e. The van der Waals surface area contributed by atoms with Gasteiger partial charge in [0.25, 0.3) is 0 Å². The fourth-order valence-electron chi connectivity index (χ4n) is 4.36. The highest BCUT2D eigenvalue weighted by Crippen LogP contribution is 2.33. The van der Waals surface area contributed by atoms with E-state index in [4.69, 9.17) is 9.47 Å². The van der Waals surface area contributed by atoms with E-state index < -0.39 is 0 Å². The number of carbonyl (C=O) groups excluding carboxylic acids is 1. The number of phenolic OH excluding ortho intramolecular Hbond substituents is 1. The number of hydrogen-bond acceptors (Lipinski definition) is 5. The summed E-state index contributed by atoms with van der Waals surface area (Å²) < 4.78 is 11.3. The van der Waals surface area contributed by atoms with E-state index in [2.05, 4.69) is 4.90 Å². The van der Waals surface area contributed by atoms with Crippen LogP contribution in [0.15, 0.2) is 84.9 Å². The largest absolute Gasteiger partial charge is 0.508 e. The molecule has 1 saturated heterocycles. The third-order valence-electron chi connectivity index (χ3n) is 6.23. The van der Waals surface area contributed by atoms with Crippen LogP contribution >= 0.6 is 0 Å². The Bertz CT molecular complexity index is 1280. The van der Waals surface area contributed by atoms with E-state index in [1.807, 2.05) is 72.8 Å². The molecule has 5 rings (SSSR count). The standard InChI is InChI=1S/C29H27NO4/c31-24-10-5-22(6-11-24)27-14-9-21-3-1-2-4-26(21)28(27)29(32)23-7-12-25(13-8-23)34-20-17-30-15-18-33-19-16-30/h1-14,31H,15-20H2.